The number of benzene rings is 1. The number of nitrogens with one attached hydrogen (secondary N) is 2. The van der Waals surface area contributed by atoms with E-state index >= 15 is 0 Å². The summed E-state index contributed by atoms with van der Waals surface area (Å²) >= 11 is 1.40. The van der Waals surface area contributed by atoms with Crippen molar-refractivity contribution in [2.75, 3.05) is 12.4 Å². The highest BCUT2D eigenvalue weighted by Gasteiger charge is 2.09. The van der Waals surface area contributed by atoms with E-state index in [2.05, 4.69) is 25.0 Å². The highest BCUT2D eigenvalue weighted by atomic mass is 32.2. The highest BCUT2D eigenvalue weighted by Crippen LogP contribution is 2.30. The van der Waals surface area contributed by atoms with Gasteiger partial charge in [-0.25, -0.2) is 14.8 Å². The van der Waals surface area contributed by atoms with Crippen molar-refractivity contribution < 1.29 is 14.5 Å². The molecule has 2 aromatic heterocycles. The molecular weight excluding hydrogens is 334 g/mol. The average Bonchev–Trinajstić information content (AvgIpc) is 2.96. The number of nitro groups is 1. The SMILES string of the molecule is COC(=O)Nc1nc2cc(Sc3ccc([N+](=O)[O-])cc3)cnc2[nH]1. The number of carbonyl (C=O) groups excluding carboxylic acids is 1. The van der Waals surface area contributed by atoms with Crippen LogP contribution in [0.3, 0.4) is 0 Å². The zero-order valence-electron chi connectivity index (χ0n) is 12.3. The van der Waals surface area contributed by atoms with Crippen molar-refractivity contribution in [2.45, 2.75) is 9.79 Å². The van der Waals surface area contributed by atoms with Crippen molar-refractivity contribution in [1.29, 1.82) is 0 Å². The van der Waals surface area contributed by atoms with E-state index < -0.39 is 11.0 Å². The number of carbonyl (C=O) groups is 1. The van der Waals surface area contributed by atoms with E-state index in [0.717, 1.165) is 9.79 Å². The molecule has 3 rings (SSSR count). The third-order valence-corrected chi connectivity index (χ3v) is 3.97. The Kier molecular flexibility index (Phi) is 4.29. The van der Waals surface area contributed by atoms with E-state index in [1.807, 2.05) is 0 Å². The van der Waals surface area contributed by atoms with Gasteiger partial charge in [0.15, 0.2) is 5.65 Å². The zero-order chi connectivity index (χ0) is 17.1. The van der Waals surface area contributed by atoms with Gasteiger partial charge in [0.2, 0.25) is 5.95 Å². The standard InChI is InChI=1S/C14H11N5O4S/c1-23-14(20)18-13-16-11-6-10(7-15-12(11)17-13)24-9-4-2-8(3-5-9)19(21)22/h2-7H,1H3,(H2,15,16,17,18,20). The summed E-state index contributed by atoms with van der Waals surface area (Å²) in [5.74, 6) is 0.238. The lowest BCUT2D eigenvalue weighted by Gasteiger charge is -2.00. The maximum atomic E-state index is 11.2. The van der Waals surface area contributed by atoms with Gasteiger partial charge in [-0.2, -0.15) is 0 Å². The number of rotatable bonds is 4. The molecule has 2 heterocycles. The van der Waals surface area contributed by atoms with Gasteiger partial charge in [-0.1, -0.05) is 11.8 Å². The van der Waals surface area contributed by atoms with Crippen LogP contribution in [0.15, 0.2) is 46.3 Å². The molecule has 3 aromatic rings. The molecule has 0 aliphatic heterocycles. The molecule has 0 aliphatic rings. The van der Waals surface area contributed by atoms with Gasteiger partial charge in [0.1, 0.15) is 5.52 Å². The summed E-state index contributed by atoms with van der Waals surface area (Å²) < 4.78 is 4.50. The van der Waals surface area contributed by atoms with Crippen molar-refractivity contribution >= 4 is 40.7 Å². The number of nitrogens with zero attached hydrogens (tertiary/aromatic N) is 3. The number of nitro benzene ring substituents is 1. The van der Waals surface area contributed by atoms with Crippen LogP contribution in [-0.2, 0) is 4.74 Å². The molecule has 9 nitrogen and oxygen atoms in total. The second kappa shape index (κ2) is 6.54. The van der Waals surface area contributed by atoms with E-state index in [1.54, 1.807) is 24.4 Å². The fourth-order valence-corrected chi connectivity index (χ4v) is 2.73. The van der Waals surface area contributed by atoms with Crippen LogP contribution >= 0.6 is 11.8 Å². The molecule has 0 saturated heterocycles. The summed E-state index contributed by atoms with van der Waals surface area (Å²) in [5, 5.41) is 13.1. The van der Waals surface area contributed by atoms with E-state index in [-0.39, 0.29) is 11.6 Å². The predicted molar refractivity (Wildman–Crippen MR) is 87.1 cm³/mol. The van der Waals surface area contributed by atoms with Crippen molar-refractivity contribution in [3.63, 3.8) is 0 Å². The third-order valence-electron chi connectivity index (χ3n) is 3.00. The van der Waals surface area contributed by atoms with Gasteiger partial charge in [0.25, 0.3) is 5.69 Å². The number of pyridine rings is 1. The molecule has 0 bridgehead atoms. The van der Waals surface area contributed by atoms with Crippen LogP contribution in [0.5, 0.6) is 0 Å². The number of hydrogen-bond acceptors (Lipinski definition) is 7. The Balaban J connectivity index is 1.79. The Hall–Kier alpha value is -3.14. The Bertz CT molecular complexity index is 909. The number of amides is 1. The van der Waals surface area contributed by atoms with Gasteiger partial charge < -0.3 is 9.72 Å². The number of imidazole rings is 1. The largest absolute Gasteiger partial charge is 0.453 e. The highest BCUT2D eigenvalue weighted by molar-refractivity contribution is 7.99. The summed E-state index contributed by atoms with van der Waals surface area (Å²) in [4.78, 5) is 34.3. The van der Waals surface area contributed by atoms with Crippen molar-refractivity contribution in [2.24, 2.45) is 0 Å². The molecule has 0 saturated carbocycles. The Labute approximate surface area is 139 Å². The van der Waals surface area contributed by atoms with Crippen LogP contribution in [0, 0.1) is 10.1 Å². The maximum Gasteiger partial charge on any atom is 0.413 e. The minimum atomic E-state index is -0.630. The van der Waals surface area contributed by atoms with Crippen LogP contribution in [-0.4, -0.2) is 33.1 Å². The molecule has 0 radical (unpaired) electrons. The quantitative estimate of drug-likeness (QED) is 0.549. The molecule has 1 aromatic carbocycles. The van der Waals surface area contributed by atoms with Crippen LogP contribution in [0.25, 0.3) is 11.2 Å². The molecule has 10 heteroatoms. The summed E-state index contributed by atoms with van der Waals surface area (Å²) in [6, 6.07) is 8.03. The molecule has 0 atom stereocenters. The molecule has 0 unspecified atom stereocenters. The molecule has 1 amide bonds. The first-order valence-electron chi connectivity index (χ1n) is 6.68. The van der Waals surface area contributed by atoms with Gasteiger partial charge in [-0.3, -0.25) is 15.4 Å². The van der Waals surface area contributed by atoms with Gasteiger partial charge in [-0.05, 0) is 18.2 Å². The number of hydrogen-bond donors (Lipinski definition) is 2. The normalized spacial score (nSPS) is 10.5. The number of fused-ring (bicyclic) bond motifs is 1. The second-order valence-electron chi connectivity index (χ2n) is 4.59. The lowest BCUT2D eigenvalue weighted by Crippen LogP contribution is -2.11. The fourth-order valence-electron chi connectivity index (χ4n) is 1.91. The number of ether oxygens (including phenoxy) is 1. The third kappa shape index (κ3) is 3.43. The number of aromatic amines is 1. The molecule has 0 spiro atoms. The van der Waals surface area contributed by atoms with Crippen molar-refractivity contribution in [3.8, 4) is 0 Å². The van der Waals surface area contributed by atoms with Gasteiger partial charge in [0.05, 0.1) is 12.0 Å². The van der Waals surface area contributed by atoms with Crippen molar-refractivity contribution in [3.05, 3.63) is 46.6 Å². The van der Waals surface area contributed by atoms with Gasteiger partial charge in [-0.15, -0.1) is 0 Å². The Morgan fingerprint density at radius 2 is 2.08 bits per heavy atom. The maximum absolute atomic E-state index is 11.2. The Morgan fingerprint density at radius 1 is 1.33 bits per heavy atom. The molecule has 0 fully saturated rings. The second-order valence-corrected chi connectivity index (χ2v) is 5.74. The van der Waals surface area contributed by atoms with E-state index in [0.29, 0.717) is 11.2 Å². The lowest BCUT2D eigenvalue weighted by atomic mass is 10.3. The first-order chi connectivity index (χ1) is 11.5. The van der Waals surface area contributed by atoms with Crippen LogP contribution < -0.4 is 5.32 Å². The van der Waals surface area contributed by atoms with E-state index in [1.165, 1.54) is 31.0 Å². The van der Waals surface area contributed by atoms with Crippen molar-refractivity contribution in [1.82, 2.24) is 15.0 Å². The topological polar surface area (TPSA) is 123 Å². The van der Waals surface area contributed by atoms with Crippen LogP contribution in [0.4, 0.5) is 16.4 Å². The van der Waals surface area contributed by atoms with E-state index in [4.69, 9.17) is 0 Å². The zero-order valence-corrected chi connectivity index (χ0v) is 13.2. The molecule has 122 valence electrons. The molecule has 2 N–H and O–H groups in total. The lowest BCUT2D eigenvalue weighted by molar-refractivity contribution is -0.384. The molecule has 24 heavy (non-hydrogen) atoms. The minimum Gasteiger partial charge on any atom is -0.453 e. The van der Waals surface area contributed by atoms with Gasteiger partial charge in [0, 0.05) is 28.1 Å². The summed E-state index contributed by atoms with van der Waals surface area (Å²) in [6.07, 6.45) is 1.02. The van der Waals surface area contributed by atoms with E-state index in [9.17, 15) is 14.9 Å². The first-order valence-corrected chi connectivity index (χ1v) is 7.50. The summed E-state index contributed by atoms with van der Waals surface area (Å²) in [7, 11) is 1.26. The van der Waals surface area contributed by atoms with Crippen LogP contribution in [0.1, 0.15) is 0 Å². The number of anilines is 1. The monoisotopic (exact) mass is 345 g/mol. The number of non-ortho nitro benzene ring substituents is 1. The average molecular weight is 345 g/mol. The number of H-pyrrole nitrogens is 1. The molecular formula is C14H11N5O4S. The molecule has 0 aliphatic carbocycles. The predicted octanol–water partition coefficient (Wildman–Crippen LogP) is 3.20. The smallest absolute Gasteiger partial charge is 0.413 e. The first kappa shape index (κ1) is 15.7. The minimum absolute atomic E-state index is 0.0405. The van der Waals surface area contributed by atoms with Gasteiger partial charge >= 0.3 is 6.09 Å². The fraction of sp³-hybridized carbons (Fsp3) is 0.0714. The summed E-state index contributed by atoms with van der Waals surface area (Å²) in [6.45, 7) is 0. The number of methoxy groups -OCH3 is 1. The Morgan fingerprint density at radius 3 is 2.75 bits per heavy atom. The number of aromatic nitrogens is 3. The van der Waals surface area contributed by atoms with Crippen LogP contribution in [0.2, 0.25) is 0 Å². The summed E-state index contributed by atoms with van der Waals surface area (Å²) in [5.41, 5.74) is 1.14.